The molecule has 4 aromatic rings. The molecule has 0 saturated heterocycles. The second-order valence-corrected chi connectivity index (χ2v) is 9.38. The maximum atomic E-state index is 14.8. The molecule has 4 rings (SSSR count). The number of hydrogen-bond acceptors (Lipinski definition) is 4. The molecule has 4 aromatic carbocycles. The Morgan fingerprint density at radius 1 is 0.846 bits per heavy atom. The van der Waals surface area contributed by atoms with Crippen molar-refractivity contribution in [1.82, 2.24) is 4.90 Å². The van der Waals surface area contributed by atoms with E-state index in [9.17, 15) is 14.0 Å². The van der Waals surface area contributed by atoms with Crippen molar-refractivity contribution >= 4 is 23.2 Å². The van der Waals surface area contributed by atoms with Gasteiger partial charge >= 0.3 is 0 Å². The number of anilines is 2. The lowest BCUT2D eigenvalue weighted by atomic mass is 10.0. The van der Waals surface area contributed by atoms with E-state index in [2.05, 4.69) is 5.32 Å². The molecule has 7 heteroatoms. The highest BCUT2D eigenvalue weighted by atomic mass is 19.1. The van der Waals surface area contributed by atoms with Crippen molar-refractivity contribution in [2.45, 2.75) is 19.0 Å². The highest BCUT2D eigenvalue weighted by molar-refractivity contribution is 5.98. The number of carbonyl (C=O) groups excluding carboxylic acids is 2. The quantitative estimate of drug-likeness (QED) is 0.282. The van der Waals surface area contributed by atoms with Crippen molar-refractivity contribution in [2.24, 2.45) is 0 Å². The summed E-state index contributed by atoms with van der Waals surface area (Å²) in [6.45, 7) is -0.0813. The maximum Gasteiger partial charge on any atom is 0.251 e. The zero-order valence-corrected chi connectivity index (χ0v) is 22.3. The molecule has 1 N–H and O–H groups in total. The lowest BCUT2D eigenvalue weighted by Gasteiger charge is -2.32. The number of ether oxygens (including phenoxy) is 1. The van der Waals surface area contributed by atoms with Crippen LogP contribution in [0.4, 0.5) is 15.8 Å². The number of halogens is 1. The van der Waals surface area contributed by atoms with Crippen LogP contribution < -0.4 is 15.0 Å². The smallest absolute Gasteiger partial charge is 0.251 e. The summed E-state index contributed by atoms with van der Waals surface area (Å²) >= 11 is 0. The minimum Gasteiger partial charge on any atom is -0.497 e. The van der Waals surface area contributed by atoms with E-state index in [0.29, 0.717) is 22.6 Å². The first-order valence-corrected chi connectivity index (χ1v) is 12.6. The predicted molar refractivity (Wildman–Crippen MR) is 152 cm³/mol. The molecule has 0 aromatic heterocycles. The van der Waals surface area contributed by atoms with Crippen LogP contribution in [0.5, 0.6) is 5.75 Å². The summed E-state index contributed by atoms with van der Waals surface area (Å²) in [5.74, 6) is -0.532. The zero-order valence-electron chi connectivity index (χ0n) is 22.3. The molecule has 0 fully saturated rings. The summed E-state index contributed by atoms with van der Waals surface area (Å²) in [6, 6.07) is 29.0. The van der Waals surface area contributed by atoms with Crippen LogP contribution in [0.15, 0.2) is 103 Å². The maximum absolute atomic E-state index is 14.8. The molecule has 0 spiro atoms. The zero-order chi connectivity index (χ0) is 27.8. The molecular weight excluding hydrogens is 493 g/mol. The van der Waals surface area contributed by atoms with E-state index in [-0.39, 0.29) is 18.9 Å². The van der Waals surface area contributed by atoms with Crippen molar-refractivity contribution in [3.8, 4) is 5.75 Å². The van der Waals surface area contributed by atoms with Crippen LogP contribution in [-0.2, 0) is 22.6 Å². The minimum absolute atomic E-state index is 0.0623. The Morgan fingerprint density at radius 2 is 1.49 bits per heavy atom. The fourth-order valence-corrected chi connectivity index (χ4v) is 4.32. The highest BCUT2D eigenvalue weighted by Crippen LogP contribution is 2.29. The Morgan fingerprint density at radius 3 is 2.10 bits per heavy atom. The van der Waals surface area contributed by atoms with Gasteiger partial charge in [0.15, 0.2) is 0 Å². The number of carbonyl (C=O) groups is 2. The molecule has 0 bridgehead atoms. The van der Waals surface area contributed by atoms with Gasteiger partial charge in [0, 0.05) is 37.6 Å². The standard InChI is InChI=1S/C32H32FN3O3/c1-35(2)27-17-15-26(16-18-27)34-32(38)31(24-13-19-28(39-3)20-14-24)36(22-25-11-7-8-12-29(25)33)30(37)21-23-9-5-4-6-10-23/h4-20,31H,21-22H2,1-3H3,(H,34,38). The molecule has 0 aliphatic carbocycles. The van der Waals surface area contributed by atoms with Gasteiger partial charge in [-0.3, -0.25) is 9.59 Å². The molecule has 0 saturated carbocycles. The van der Waals surface area contributed by atoms with Crippen molar-refractivity contribution < 1.29 is 18.7 Å². The van der Waals surface area contributed by atoms with Crippen LogP contribution >= 0.6 is 0 Å². The van der Waals surface area contributed by atoms with E-state index in [1.54, 1.807) is 49.6 Å². The third-order valence-corrected chi connectivity index (χ3v) is 6.46. The number of amides is 2. The molecule has 0 radical (unpaired) electrons. The Kier molecular flexibility index (Phi) is 8.94. The number of benzene rings is 4. The summed E-state index contributed by atoms with van der Waals surface area (Å²) < 4.78 is 20.1. The molecule has 2 amide bonds. The first-order valence-electron chi connectivity index (χ1n) is 12.6. The molecule has 1 atom stereocenters. The molecule has 200 valence electrons. The van der Waals surface area contributed by atoms with Gasteiger partial charge in [-0.15, -0.1) is 0 Å². The highest BCUT2D eigenvalue weighted by Gasteiger charge is 2.32. The van der Waals surface area contributed by atoms with E-state index in [4.69, 9.17) is 4.74 Å². The third kappa shape index (κ3) is 7.02. The fourth-order valence-electron chi connectivity index (χ4n) is 4.32. The van der Waals surface area contributed by atoms with Gasteiger partial charge in [0.2, 0.25) is 5.91 Å². The van der Waals surface area contributed by atoms with Crippen molar-refractivity contribution in [1.29, 1.82) is 0 Å². The van der Waals surface area contributed by atoms with Crippen LogP contribution in [-0.4, -0.2) is 37.9 Å². The van der Waals surface area contributed by atoms with Crippen molar-refractivity contribution in [3.63, 3.8) is 0 Å². The summed E-state index contributed by atoms with van der Waals surface area (Å²) in [6.07, 6.45) is 0.0623. The Balaban J connectivity index is 1.74. The monoisotopic (exact) mass is 525 g/mol. The molecule has 0 aliphatic rings. The summed E-state index contributed by atoms with van der Waals surface area (Å²) in [4.78, 5) is 31.2. The number of methoxy groups -OCH3 is 1. The fraction of sp³-hybridized carbons (Fsp3) is 0.188. The Labute approximate surface area is 228 Å². The molecule has 0 heterocycles. The normalized spacial score (nSPS) is 11.4. The molecule has 1 unspecified atom stereocenters. The molecule has 6 nitrogen and oxygen atoms in total. The van der Waals surface area contributed by atoms with E-state index in [0.717, 1.165) is 11.3 Å². The lowest BCUT2D eigenvalue weighted by Crippen LogP contribution is -2.41. The van der Waals surface area contributed by atoms with E-state index < -0.39 is 17.8 Å². The van der Waals surface area contributed by atoms with Crippen molar-refractivity contribution in [3.05, 3.63) is 126 Å². The Bertz CT molecular complexity index is 1390. The largest absolute Gasteiger partial charge is 0.497 e. The minimum atomic E-state index is -1.03. The summed E-state index contributed by atoms with van der Waals surface area (Å²) in [5.41, 5.74) is 3.27. The average molecular weight is 526 g/mol. The average Bonchev–Trinajstić information content (AvgIpc) is 2.95. The van der Waals surface area contributed by atoms with Gasteiger partial charge in [-0.05, 0) is 53.6 Å². The summed E-state index contributed by atoms with van der Waals surface area (Å²) in [5, 5.41) is 2.96. The van der Waals surface area contributed by atoms with Gasteiger partial charge < -0.3 is 19.9 Å². The van der Waals surface area contributed by atoms with Gasteiger partial charge in [0.05, 0.1) is 13.5 Å². The van der Waals surface area contributed by atoms with Crippen LogP contribution in [0.25, 0.3) is 0 Å². The molecular formula is C32H32FN3O3. The molecule has 0 aliphatic heterocycles. The van der Waals surface area contributed by atoms with Gasteiger partial charge in [-0.25, -0.2) is 4.39 Å². The van der Waals surface area contributed by atoms with Gasteiger partial charge in [0.25, 0.3) is 5.91 Å². The first kappa shape index (κ1) is 27.4. The summed E-state index contributed by atoms with van der Waals surface area (Å²) in [7, 11) is 5.43. The topological polar surface area (TPSA) is 61.9 Å². The SMILES string of the molecule is COc1ccc(C(C(=O)Nc2ccc(N(C)C)cc2)N(Cc2ccccc2F)C(=O)Cc2ccccc2)cc1. The number of nitrogens with one attached hydrogen (secondary N) is 1. The van der Waals surface area contributed by atoms with E-state index >= 15 is 0 Å². The second kappa shape index (κ2) is 12.7. The van der Waals surface area contributed by atoms with Gasteiger partial charge in [-0.2, -0.15) is 0 Å². The van der Waals surface area contributed by atoms with Gasteiger partial charge in [0.1, 0.15) is 17.6 Å². The van der Waals surface area contributed by atoms with Crippen LogP contribution in [0.2, 0.25) is 0 Å². The predicted octanol–water partition coefficient (Wildman–Crippen LogP) is 5.85. The van der Waals surface area contributed by atoms with E-state index in [1.807, 2.05) is 73.6 Å². The third-order valence-electron chi connectivity index (χ3n) is 6.46. The lowest BCUT2D eigenvalue weighted by molar-refractivity contribution is -0.139. The van der Waals surface area contributed by atoms with Gasteiger partial charge in [-0.1, -0.05) is 60.7 Å². The Hall–Kier alpha value is -4.65. The van der Waals surface area contributed by atoms with Crippen LogP contribution in [0.1, 0.15) is 22.7 Å². The first-order chi connectivity index (χ1) is 18.9. The number of rotatable bonds is 10. The van der Waals surface area contributed by atoms with Crippen molar-refractivity contribution in [2.75, 3.05) is 31.4 Å². The number of hydrogen-bond donors (Lipinski definition) is 1. The second-order valence-electron chi connectivity index (χ2n) is 9.38. The van der Waals surface area contributed by atoms with E-state index in [1.165, 1.54) is 11.0 Å². The number of nitrogens with zero attached hydrogens (tertiary/aromatic N) is 2. The van der Waals surface area contributed by atoms with Crippen LogP contribution in [0, 0.1) is 5.82 Å². The molecule has 39 heavy (non-hydrogen) atoms. The van der Waals surface area contributed by atoms with Crippen LogP contribution in [0.3, 0.4) is 0 Å².